The summed E-state index contributed by atoms with van der Waals surface area (Å²) in [5.41, 5.74) is 1.84. The first kappa shape index (κ1) is 28.7. The average molecular weight is 514 g/mol. The Morgan fingerprint density at radius 1 is 1.08 bits per heavy atom. The van der Waals surface area contributed by atoms with Gasteiger partial charge in [-0.25, -0.2) is 4.79 Å². The first-order chi connectivity index (χ1) is 17.5. The number of aromatic nitrogens is 1. The Morgan fingerprint density at radius 2 is 1.78 bits per heavy atom. The highest BCUT2D eigenvalue weighted by Gasteiger charge is 2.34. The van der Waals surface area contributed by atoms with E-state index in [1.165, 1.54) is 4.90 Å². The summed E-state index contributed by atoms with van der Waals surface area (Å²) in [7, 11) is 1.57. The molecular formula is C29H43N3O5. The van der Waals surface area contributed by atoms with Gasteiger partial charge in [0.25, 0.3) is 0 Å². The number of carbonyl (C=O) groups excluding carboxylic acids is 3. The maximum atomic E-state index is 13.6. The van der Waals surface area contributed by atoms with Crippen LogP contribution in [0.5, 0.6) is 0 Å². The van der Waals surface area contributed by atoms with E-state index in [0.717, 1.165) is 22.9 Å². The number of H-pyrrole nitrogens is 1. The number of likely N-dealkylation sites (N-methyl/N-ethyl adjacent to an activating group) is 1. The first-order valence-electron chi connectivity index (χ1n) is 13.4. The van der Waals surface area contributed by atoms with Gasteiger partial charge in [0, 0.05) is 42.9 Å². The highest BCUT2D eigenvalue weighted by atomic mass is 16.5. The number of hydrogen-bond donors (Lipinski definition) is 3. The Morgan fingerprint density at radius 3 is 2.49 bits per heavy atom. The van der Waals surface area contributed by atoms with Crippen LogP contribution in [0.3, 0.4) is 0 Å². The molecule has 2 amide bonds. The number of esters is 1. The molecule has 0 bridgehead atoms. The van der Waals surface area contributed by atoms with Gasteiger partial charge in [-0.15, -0.1) is 0 Å². The fourth-order valence-corrected chi connectivity index (χ4v) is 5.28. The number of benzene rings is 1. The Hall–Kier alpha value is -2.87. The number of cyclic esters (lactones) is 1. The van der Waals surface area contributed by atoms with Crippen LogP contribution in [0.4, 0.5) is 0 Å². The number of hydrogen-bond acceptors (Lipinski definition) is 5. The molecule has 2 aromatic rings. The number of rotatable bonds is 3. The van der Waals surface area contributed by atoms with E-state index in [2.05, 4.69) is 17.2 Å². The Balaban J connectivity index is 1.92. The molecule has 0 unspecified atom stereocenters. The lowest BCUT2D eigenvalue weighted by Gasteiger charge is -2.32. The van der Waals surface area contributed by atoms with Crippen molar-refractivity contribution in [1.82, 2.24) is 15.2 Å². The molecule has 8 nitrogen and oxygen atoms in total. The van der Waals surface area contributed by atoms with E-state index in [4.69, 9.17) is 4.74 Å². The van der Waals surface area contributed by atoms with Gasteiger partial charge in [0.1, 0.15) is 12.1 Å². The predicted molar refractivity (Wildman–Crippen MR) is 144 cm³/mol. The lowest BCUT2D eigenvalue weighted by atomic mass is 9.84. The van der Waals surface area contributed by atoms with Crippen LogP contribution in [0, 0.1) is 23.7 Å². The minimum atomic E-state index is -0.884. The molecule has 1 aliphatic rings. The van der Waals surface area contributed by atoms with Crippen LogP contribution in [0.25, 0.3) is 10.9 Å². The Bertz CT molecular complexity index is 1080. The summed E-state index contributed by atoms with van der Waals surface area (Å²) in [5, 5.41) is 14.7. The van der Waals surface area contributed by atoms with Crippen molar-refractivity contribution in [3.05, 3.63) is 36.0 Å². The van der Waals surface area contributed by atoms with Crippen LogP contribution >= 0.6 is 0 Å². The van der Waals surface area contributed by atoms with Crippen molar-refractivity contribution in [2.24, 2.45) is 23.7 Å². The second kappa shape index (κ2) is 12.6. The molecule has 1 fully saturated rings. The largest absolute Gasteiger partial charge is 0.460 e. The summed E-state index contributed by atoms with van der Waals surface area (Å²) in [6, 6.07) is 6.91. The van der Waals surface area contributed by atoms with E-state index in [0.29, 0.717) is 12.8 Å². The minimum Gasteiger partial charge on any atom is -0.460 e. The molecule has 0 saturated carbocycles. The molecule has 0 aliphatic carbocycles. The highest BCUT2D eigenvalue weighted by molar-refractivity contribution is 5.90. The molecule has 0 radical (unpaired) electrons. The fourth-order valence-electron chi connectivity index (χ4n) is 5.28. The summed E-state index contributed by atoms with van der Waals surface area (Å²) in [5.74, 6) is -1.12. The van der Waals surface area contributed by atoms with Gasteiger partial charge in [0.2, 0.25) is 11.8 Å². The highest BCUT2D eigenvalue weighted by Crippen LogP contribution is 2.27. The fraction of sp³-hybridized carbons (Fsp3) is 0.621. The van der Waals surface area contributed by atoms with Gasteiger partial charge in [-0.3, -0.25) is 9.59 Å². The number of nitrogens with zero attached hydrogens (tertiary/aromatic N) is 1. The van der Waals surface area contributed by atoms with E-state index < -0.39 is 24.2 Å². The molecule has 6 atom stereocenters. The average Bonchev–Trinajstić information content (AvgIpc) is 3.26. The lowest BCUT2D eigenvalue weighted by Crippen LogP contribution is -2.50. The molecule has 1 aromatic heterocycles. The van der Waals surface area contributed by atoms with Crippen LogP contribution in [0.15, 0.2) is 30.5 Å². The molecule has 8 heteroatoms. The molecule has 1 aromatic carbocycles. The van der Waals surface area contributed by atoms with E-state index in [9.17, 15) is 19.5 Å². The van der Waals surface area contributed by atoms with Crippen LogP contribution in [0.2, 0.25) is 0 Å². The molecule has 3 rings (SSSR count). The normalized spacial score (nSPS) is 29.4. The van der Waals surface area contributed by atoms with Crippen LogP contribution in [-0.2, 0) is 25.5 Å². The van der Waals surface area contributed by atoms with Crippen LogP contribution < -0.4 is 5.32 Å². The van der Waals surface area contributed by atoms with Gasteiger partial charge in [0.05, 0.1) is 12.6 Å². The zero-order valence-electron chi connectivity index (χ0n) is 23.0. The number of aromatic amines is 1. The topological polar surface area (TPSA) is 112 Å². The minimum absolute atomic E-state index is 0.00355. The van der Waals surface area contributed by atoms with Crippen molar-refractivity contribution in [3.63, 3.8) is 0 Å². The van der Waals surface area contributed by atoms with Crippen molar-refractivity contribution >= 4 is 28.7 Å². The number of aliphatic hydroxyl groups is 1. The van der Waals surface area contributed by atoms with E-state index >= 15 is 0 Å². The summed E-state index contributed by atoms with van der Waals surface area (Å²) in [6.45, 7) is 9.68. The number of ether oxygens (including phenoxy) is 1. The van der Waals surface area contributed by atoms with Gasteiger partial charge in [-0.05, 0) is 42.2 Å². The van der Waals surface area contributed by atoms with Crippen molar-refractivity contribution in [1.29, 1.82) is 0 Å². The zero-order chi connectivity index (χ0) is 27.3. The summed E-state index contributed by atoms with van der Waals surface area (Å²) in [4.78, 5) is 44.0. The Labute approximate surface area is 220 Å². The molecule has 3 N–H and O–H groups in total. The smallest absolute Gasteiger partial charge is 0.329 e. The summed E-state index contributed by atoms with van der Waals surface area (Å²) >= 11 is 0. The van der Waals surface area contributed by atoms with Gasteiger partial charge in [0.15, 0.2) is 0 Å². The van der Waals surface area contributed by atoms with Crippen LogP contribution in [-0.4, -0.2) is 64.6 Å². The van der Waals surface area contributed by atoms with Crippen molar-refractivity contribution in [2.75, 3.05) is 13.6 Å². The first-order valence-corrected chi connectivity index (χ1v) is 13.4. The third kappa shape index (κ3) is 7.34. The van der Waals surface area contributed by atoms with Crippen molar-refractivity contribution < 1.29 is 24.2 Å². The third-order valence-electron chi connectivity index (χ3n) is 7.75. The lowest BCUT2D eigenvalue weighted by molar-refractivity contribution is -0.162. The Kier molecular flexibility index (Phi) is 9.76. The molecule has 204 valence electrons. The molecular weight excluding hydrogens is 470 g/mol. The standard InChI is InChI=1S/C29H43N3O5/c1-17(2)26-14-25(33)19(4)11-18(3)12-20(5)28(35)31-16-27(34)32(6)24(29(36)37-26)13-21-15-30-23-10-8-7-9-22(21)23/h7-10,15,17-20,24-26,30,33H,11-14,16H2,1-6H3,(H,31,35)/t18-,19+,20-,24+,25-,26-/m0/s1. The van der Waals surface area contributed by atoms with Gasteiger partial charge in [-0.2, -0.15) is 0 Å². The van der Waals surface area contributed by atoms with E-state index in [1.807, 2.05) is 58.2 Å². The molecule has 0 spiro atoms. The van der Waals surface area contributed by atoms with E-state index in [1.54, 1.807) is 7.05 Å². The second-order valence-corrected chi connectivity index (χ2v) is 11.3. The van der Waals surface area contributed by atoms with E-state index in [-0.39, 0.29) is 48.5 Å². The molecule has 37 heavy (non-hydrogen) atoms. The number of amides is 2. The molecule has 1 aliphatic heterocycles. The van der Waals surface area contributed by atoms with Crippen molar-refractivity contribution in [3.8, 4) is 0 Å². The van der Waals surface area contributed by atoms with Gasteiger partial charge < -0.3 is 25.0 Å². The SMILES string of the molecule is CC(C)[C@@H]1C[C@H](O)[C@H](C)C[C@H](C)C[C@H](C)C(=O)NCC(=O)N(C)[C@H](Cc2c[nH]c3ccccc23)C(=O)O1. The predicted octanol–water partition coefficient (Wildman–Crippen LogP) is 3.67. The monoisotopic (exact) mass is 513 g/mol. The third-order valence-corrected chi connectivity index (χ3v) is 7.75. The zero-order valence-corrected chi connectivity index (χ0v) is 23.0. The molecule has 1 saturated heterocycles. The number of para-hydroxylation sites is 1. The number of carbonyl (C=O) groups is 3. The van der Waals surface area contributed by atoms with Crippen molar-refractivity contribution in [2.45, 2.75) is 78.6 Å². The quantitative estimate of drug-likeness (QED) is 0.542. The molecule has 2 heterocycles. The number of fused-ring (bicyclic) bond motifs is 1. The van der Waals surface area contributed by atoms with Gasteiger partial charge in [-0.1, -0.05) is 52.8 Å². The summed E-state index contributed by atoms with van der Waals surface area (Å²) < 4.78 is 6.00. The van der Waals surface area contributed by atoms with Crippen LogP contribution in [0.1, 0.15) is 59.4 Å². The second-order valence-electron chi connectivity index (χ2n) is 11.3. The van der Waals surface area contributed by atoms with Gasteiger partial charge >= 0.3 is 5.97 Å². The number of aliphatic hydroxyl groups excluding tert-OH is 1. The maximum Gasteiger partial charge on any atom is 0.329 e. The number of nitrogens with one attached hydrogen (secondary N) is 2. The summed E-state index contributed by atoms with van der Waals surface area (Å²) in [6.07, 6.45) is 2.72. The maximum absolute atomic E-state index is 13.6.